The minimum Gasteiger partial charge on any atom is -0.350 e. The molecule has 109 heavy (non-hydrogen) atoms. The minimum atomic E-state index is -0.505. The molecule has 0 aromatic heterocycles. The van der Waals surface area contributed by atoms with Gasteiger partial charge in [0.05, 0.1) is 28.2 Å². The third-order valence-electron chi connectivity index (χ3n) is 20.7. The molecule has 18 nitrogen and oxygen atoms in total. The fraction of sp³-hybridized carbons (Fsp3) is 0.425. The Balaban J connectivity index is 0.000000189. The third kappa shape index (κ3) is 25.5. The lowest BCUT2D eigenvalue weighted by Crippen LogP contribution is -2.53. The van der Waals surface area contributed by atoms with E-state index in [0.29, 0.717) is 121 Å². The number of hydrogen-bond donors (Lipinski definition) is 9. The standard InChI is InChI=1S/2C31H39ClN4O2.C25H32Cl2N4O2/c2*1-4-21(22-8-6-5-7-9-22)20-36-15-14-27(35-28(30(36)38)18-31(2,3)33)19-34-29(37)25-11-10-24-17-26(32)13-12-23(24)16-25;1-2-17(18-6-4-3-5-7-18)16-31-13-11-20(30-23(10-12-28)25(31)33)15-29-24(32)19-8-9-21(26)22(27)14-19/h2*5-13,16-17,21,27-28,35H,4,14-15,18-20,33H2,1-3H3,(H,34,37);3-9,14,17,20,23,30H,2,10-13,15-16,28H2,1H3,(H,29,32)/t21-,27+,28+;21-,27-,28-;17-,20+,23+/m111/s1. The van der Waals surface area contributed by atoms with Crippen molar-refractivity contribution in [1.29, 1.82) is 0 Å². The molecule has 0 saturated carbocycles. The maximum Gasteiger partial charge on any atom is 0.251 e. The zero-order valence-corrected chi connectivity index (χ0v) is 67.0. The highest BCUT2D eigenvalue weighted by Crippen LogP contribution is 2.30. The molecule has 0 bridgehead atoms. The van der Waals surface area contributed by atoms with Gasteiger partial charge in [-0.3, -0.25) is 28.8 Å². The van der Waals surface area contributed by atoms with Crippen LogP contribution in [0.5, 0.6) is 0 Å². The number of halogens is 4. The molecule has 8 aromatic rings. The predicted octanol–water partition coefficient (Wildman–Crippen LogP) is 14.0. The van der Waals surface area contributed by atoms with Gasteiger partial charge in [-0.15, -0.1) is 0 Å². The van der Waals surface area contributed by atoms with Crippen LogP contribution in [0.1, 0.15) is 172 Å². The molecule has 9 atom stereocenters. The number of fused-ring (bicyclic) bond motifs is 2. The van der Waals surface area contributed by atoms with Crippen LogP contribution in [-0.2, 0) is 14.4 Å². The van der Waals surface area contributed by atoms with Gasteiger partial charge in [-0.2, -0.15) is 0 Å². The highest BCUT2D eigenvalue weighted by Gasteiger charge is 2.38. The van der Waals surface area contributed by atoms with Gasteiger partial charge < -0.3 is 63.8 Å². The normalized spacial score (nSPS) is 19.4. The Morgan fingerprint density at radius 2 is 0.743 bits per heavy atom. The Hall–Kier alpha value is -7.98. The van der Waals surface area contributed by atoms with E-state index in [2.05, 4.69) is 89.1 Å². The molecule has 3 aliphatic heterocycles. The van der Waals surface area contributed by atoms with Gasteiger partial charge in [0.25, 0.3) is 17.7 Å². The maximum absolute atomic E-state index is 13.7. The summed E-state index contributed by atoms with van der Waals surface area (Å²) < 4.78 is 0. The summed E-state index contributed by atoms with van der Waals surface area (Å²) in [6.07, 6.45) is 6.66. The van der Waals surface area contributed by atoms with Crippen molar-refractivity contribution >= 4 is 103 Å². The van der Waals surface area contributed by atoms with Crippen LogP contribution in [0.15, 0.2) is 182 Å². The second-order valence-electron chi connectivity index (χ2n) is 30.6. The largest absolute Gasteiger partial charge is 0.350 e. The van der Waals surface area contributed by atoms with E-state index in [0.717, 1.165) is 60.1 Å². The van der Waals surface area contributed by atoms with Crippen molar-refractivity contribution in [2.75, 3.05) is 65.4 Å². The van der Waals surface area contributed by atoms with Crippen LogP contribution in [0.25, 0.3) is 21.5 Å². The van der Waals surface area contributed by atoms with Gasteiger partial charge in [0, 0.05) is 133 Å². The average Bonchev–Trinajstić information content (AvgIpc) is 1.69. The SMILES string of the molecule is CC[C@H](CN1CC[C@@H](CNC(=O)c2ccc(Cl)c(Cl)c2)N[C@@H](CCN)C1=O)c1ccccc1.CC[C@H](CN1CC[C@@H](CNC(=O)c2ccc3cc(Cl)ccc3c2)N[C@@H](CC(C)(C)N)C1=O)c1ccccc1.CC[C@H](CN1CC[C@H](CNC(=O)c2ccc3cc(Cl)ccc3c2)N[C@H](CC(C)(C)N)C1=O)c1ccccc1. The summed E-state index contributed by atoms with van der Waals surface area (Å²) in [5, 5.41) is 25.6. The lowest BCUT2D eigenvalue weighted by molar-refractivity contribution is -0.134. The fourth-order valence-electron chi connectivity index (χ4n) is 14.7. The highest BCUT2D eigenvalue weighted by molar-refractivity contribution is 6.42. The summed E-state index contributed by atoms with van der Waals surface area (Å²) in [5.41, 5.74) is 22.9. The van der Waals surface area contributed by atoms with Crippen molar-refractivity contribution < 1.29 is 28.8 Å². The molecule has 0 spiro atoms. The van der Waals surface area contributed by atoms with Crippen LogP contribution >= 0.6 is 46.4 Å². The molecule has 12 N–H and O–H groups in total. The van der Waals surface area contributed by atoms with E-state index in [9.17, 15) is 28.8 Å². The summed E-state index contributed by atoms with van der Waals surface area (Å²) >= 11 is 24.1. The molecule has 11 rings (SSSR count). The second-order valence-corrected chi connectivity index (χ2v) is 32.3. The Bertz CT molecular complexity index is 4120. The van der Waals surface area contributed by atoms with Gasteiger partial charge in [-0.1, -0.05) is 182 Å². The van der Waals surface area contributed by atoms with Crippen LogP contribution in [0.2, 0.25) is 20.1 Å². The fourth-order valence-corrected chi connectivity index (χ4v) is 15.3. The molecule has 6 amide bonds. The number of rotatable bonds is 27. The molecule has 582 valence electrons. The van der Waals surface area contributed by atoms with Gasteiger partial charge in [0.2, 0.25) is 17.7 Å². The van der Waals surface area contributed by atoms with E-state index < -0.39 is 23.2 Å². The minimum absolute atomic E-state index is 0.0426. The number of nitrogens with zero attached hydrogens (tertiary/aromatic N) is 3. The maximum atomic E-state index is 13.7. The van der Waals surface area contributed by atoms with Crippen LogP contribution < -0.4 is 49.1 Å². The van der Waals surface area contributed by atoms with Crippen LogP contribution in [0.4, 0.5) is 0 Å². The Morgan fingerprint density at radius 3 is 1.07 bits per heavy atom. The van der Waals surface area contributed by atoms with Crippen molar-refractivity contribution in [3.63, 3.8) is 0 Å². The summed E-state index contributed by atoms with van der Waals surface area (Å²) in [7, 11) is 0. The van der Waals surface area contributed by atoms with Crippen LogP contribution in [0.3, 0.4) is 0 Å². The average molecular weight is 1560 g/mol. The zero-order valence-electron chi connectivity index (χ0n) is 64.0. The number of nitrogens with two attached hydrogens (primary N) is 3. The molecule has 0 radical (unpaired) electrons. The number of carbonyl (C=O) groups is 6. The van der Waals surface area contributed by atoms with Crippen molar-refractivity contribution in [1.82, 2.24) is 46.6 Å². The Kier molecular flexibility index (Phi) is 31.8. The van der Waals surface area contributed by atoms with E-state index in [1.807, 2.05) is 170 Å². The van der Waals surface area contributed by atoms with Crippen molar-refractivity contribution in [2.24, 2.45) is 17.2 Å². The molecular weight excluding hydrogens is 1450 g/mol. The number of nitrogens with one attached hydrogen (secondary N) is 6. The quantitative estimate of drug-likeness (QED) is 0.0233. The highest BCUT2D eigenvalue weighted by atomic mass is 35.5. The van der Waals surface area contributed by atoms with Gasteiger partial charge in [-0.05, 0) is 197 Å². The third-order valence-corrected chi connectivity index (χ3v) is 22.0. The first-order valence-electron chi connectivity index (χ1n) is 38.4. The number of hydrogen-bond acceptors (Lipinski definition) is 12. The monoisotopic (exact) mass is 1560 g/mol. The molecule has 8 aromatic carbocycles. The second kappa shape index (κ2) is 40.8. The van der Waals surface area contributed by atoms with Gasteiger partial charge >= 0.3 is 0 Å². The summed E-state index contributed by atoms with van der Waals surface area (Å²) in [6, 6.07) is 57.0. The first-order chi connectivity index (χ1) is 52.2. The molecule has 3 heterocycles. The zero-order chi connectivity index (χ0) is 78.4. The molecule has 3 saturated heterocycles. The van der Waals surface area contributed by atoms with Gasteiger partial charge in [0.1, 0.15) is 0 Å². The molecule has 0 unspecified atom stereocenters. The lowest BCUT2D eigenvalue weighted by atomic mass is 9.94. The molecule has 22 heteroatoms. The van der Waals surface area contributed by atoms with E-state index in [1.165, 1.54) is 16.7 Å². The molecule has 3 aliphatic rings. The number of benzene rings is 8. The van der Waals surface area contributed by atoms with E-state index in [1.54, 1.807) is 18.2 Å². The number of carbonyl (C=O) groups excluding carboxylic acids is 6. The molecule has 0 aliphatic carbocycles. The number of amides is 6. The lowest BCUT2D eigenvalue weighted by Gasteiger charge is -2.31. The topological polar surface area (TPSA) is 262 Å². The van der Waals surface area contributed by atoms with E-state index in [4.69, 9.17) is 63.6 Å². The molecular formula is C87H110Cl4N12O6. The Morgan fingerprint density at radius 1 is 0.431 bits per heavy atom. The Labute approximate surface area is 664 Å². The summed E-state index contributed by atoms with van der Waals surface area (Å²) in [5.74, 6) is 0.557. The van der Waals surface area contributed by atoms with Crippen LogP contribution in [-0.4, -0.2) is 163 Å². The van der Waals surface area contributed by atoms with E-state index >= 15 is 0 Å². The van der Waals surface area contributed by atoms with Gasteiger partial charge in [0.15, 0.2) is 0 Å². The molecule has 3 fully saturated rings. The van der Waals surface area contributed by atoms with E-state index in [-0.39, 0.29) is 77.4 Å². The predicted molar refractivity (Wildman–Crippen MR) is 445 cm³/mol. The first kappa shape index (κ1) is 85.0. The van der Waals surface area contributed by atoms with Crippen LogP contribution in [0, 0.1) is 0 Å². The first-order valence-corrected chi connectivity index (χ1v) is 39.9. The summed E-state index contributed by atoms with van der Waals surface area (Å²) in [6.45, 7) is 19.8. The van der Waals surface area contributed by atoms with Crippen molar-refractivity contribution in [3.05, 3.63) is 235 Å². The smallest absolute Gasteiger partial charge is 0.251 e. The summed E-state index contributed by atoms with van der Waals surface area (Å²) in [4.78, 5) is 85.1. The van der Waals surface area contributed by atoms with Gasteiger partial charge in [-0.25, -0.2) is 0 Å². The van der Waals surface area contributed by atoms with Crippen molar-refractivity contribution in [2.45, 2.75) is 171 Å². The van der Waals surface area contributed by atoms with Crippen molar-refractivity contribution in [3.8, 4) is 0 Å².